The maximum atomic E-state index is 13.6. The molecule has 87 heavy (non-hydrogen) atoms. The first kappa shape index (κ1) is 83.9. The lowest BCUT2D eigenvalue weighted by Crippen LogP contribution is -2.47. The monoisotopic (exact) mass is 1240 g/mol. The largest absolute Gasteiger partial charge is 0.472 e. The van der Waals surface area contributed by atoms with Gasteiger partial charge >= 0.3 is 13.8 Å². The Kier molecular flexibility index (Phi) is 63.5. The van der Waals surface area contributed by atoms with Crippen LogP contribution in [-0.2, 0) is 27.9 Å². The Morgan fingerprint density at radius 1 is 0.414 bits per heavy atom. The number of phosphoric ester groups is 1. The number of allylic oxidation sites excluding steroid dienone is 15. The van der Waals surface area contributed by atoms with Crippen LogP contribution in [0.25, 0.3) is 0 Å². The van der Waals surface area contributed by atoms with Crippen molar-refractivity contribution < 1.29 is 37.3 Å². The van der Waals surface area contributed by atoms with Gasteiger partial charge in [0.25, 0.3) is 0 Å². The molecule has 0 aromatic carbocycles. The molecule has 504 valence electrons. The zero-order chi connectivity index (χ0) is 63.5. The van der Waals surface area contributed by atoms with Crippen molar-refractivity contribution in [2.75, 3.05) is 40.9 Å². The molecule has 3 atom stereocenters. The van der Waals surface area contributed by atoms with Gasteiger partial charge in [0, 0.05) is 12.8 Å². The van der Waals surface area contributed by atoms with Crippen LogP contribution in [0.1, 0.15) is 329 Å². The highest BCUT2D eigenvalue weighted by Crippen LogP contribution is 2.43. The number of hydrogen-bond acceptors (Lipinski definition) is 6. The van der Waals surface area contributed by atoms with Crippen LogP contribution in [0.2, 0.25) is 0 Å². The van der Waals surface area contributed by atoms with Gasteiger partial charge in [-0.25, -0.2) is 4.57 Å². The fraction of sp³-hybridized carbons (Fsp3) is 0.766. The Labute approximate surface area is 538 Å². The van der Waals surface area contributed by atoms with E-state index in [1.807, 2.05) is 33.3 Å². The van der Waals surface area contributed by atoms with Crippen LogP contribution in [-0.4, -0.2) is 74.3 Å². The number of quaternary nitrogens is 1. The lowest BCUT2D eigenvalue weighted by atomic mass is 10.0. The van der Waals surface area contributed by atoms with Crippen molar-refractivity contribution in [2.24, 2.45) is 0 Å². The minimum Gasteiger partial charge on any atom is -0.456 e. The summed E-state index contributed by atoms with van der Waals surface area (Å²) in [6.45, 7) is 6.89. The number of carbonyl (C=O) groups is 2. The summed E-state index contributed by atoms with van der Waals surface area (Å²) in [6, 6.07) is -0.858. The quantitative estimate of drug-likeness (QED) is 0.0205. The van der Waals surface area contributed by atoms with Gasteiger partial charge in [-0.15, -0.1) is 0 Å². The molecule has 0 bridgehead atoms. The molecule has 2 N–H and O–H groups in total. The minimum atomic E-state index is -4.46. The van der Waals surface area contributed by atoms with E-state index in [4.69, 9.17) is 13.8 Å². The van der Waals surface area contributed by atoms with Crippen molar-refractivity contribution in [3.8, 4) is 0 Å². The third kappa shape index (κ3) is 67.2. The highest BCUT2D eigenvalue weighted by molar-refractivity contribution is 7.47. The lowest BCUT2D eigenvalue weighted by Gasteiger charge is -2.27. The zero-order valence-electron chi connectivity index (χ0n) is 57.7. The molecule has 0 aliphatic heterocycles. The summed E-state index contributed by atoms with van der Waals surface area (Å²) >= 11 is 0. The van der Waals surface area contributed by atoms with Crippen molar-refractivity contribution in [2.45, 2.75) is 341 Å². The van der Waals surface area contributed by atoms with E-state index in [9.17, 15) is 19.0 Å². The van der Waals surface area contributed by atoms with E-state index < -0.39 is 20.0 Å². The summed E-state index contributed by atoms with van der Waals surface area (Å²) in [7, 11) is 1.49. The molecule has 10 heteroatoms. The van der Waals surface area contributed by atoms with E-state index in [-0.39, 0.29) is 31.5 Å². The van der Waals surface area contributed by atoms with Crippen LogP contribution in [0.4, 0.5) is 0 Å². The van der Waals surface area contributed by atoms with Crippen LogP contribution < -0.4 is 5.32 Å². The van der Waals surface area contributed by atoms with Gasteiger partial charge in [-0.1, -0.05) is 305 Å². The molecule has 0 spiro atoms. The second kappa shape index (κ2) is 65.9. The first-order valence-electron chi connectivity index (χ1n) is 36.6. The molecule has 0 saturated carbocycles. The predicted octanol–water partition coefficient (Wildman–Crippen LogP) is 23.5. The molecule has 3 unspecified atom stereocenters. The summed E-state index contributed by atoms with van der Waals surface area (Å²) in [5, 5.41) is 3.07. The average Bonchev–Trinajstić information content (AvgIpc) is 3.70. The molecule has 0 aromatic heterocycles. The number of hydrogen-bond donors (Lipinski definition) is 2. The molecular weight excluding hydrogens is 1100 g/mol. The molecule has 0 aliphatic carbocycles. The summed E-state index contributed by atoms with van der Waals surface area (Å²) in [4.78, 5) is 37.9. The number of nitrogens with one attached hydrogen (secondary N) is 1. The number of phosphoric acid groups is 1. The van der Waals surface area contributed by atoms with E-state index in [0.717, 1.165) is 109 Å². The lowest BCUT2D eigenvalue weighted by molar-refractivity contribution is -0.870. The number of esters is 1. The predicted molar refractivity (Wildman–Crippen MR) is 378 cm³/mol. The third-order valence-corrected chi connectivity index (χ3v) is 17.0. The summed E-state index contributed by atoms with van der Waals surface area (Å²) in [6.07, 6.45) is 90.0. The van der Waals surface area contributed by atoms with Gasteiger partial charge in [-0.05, 0) is 109 Å². The fourth-order valence-electron chi connectivity index (χ4n) is 10.4. The summed E-state index contributed by atoms with van der Waals surface area (Å²) in [5.74, 6) is -0.512. The SMILES string of the molecule is CC/C=C\C/C=C\C/C=C\C/C=C\C/C=C\CCCCCCCCCC(=O)OC(/C=C\CCCCCCCCCCC)C(COP(=O)(O)OCC[N+](C)(C)C)NC(=O)CCCCCCCCCCCCCCCCCCC/C=C\C/C=C\CCCCC. The smallest absolute Gasteiger partial charge is 0.456 e. The zero-order valence-corrected chi connectivity index (χ0v) is 58.6. The number of rotatable bonds is 66. The summed E-state index contributed by atoms with van der Waals surface area (Å²) in [5.41, 5.74) is 0. The van der Waals surface area contributed by atoms with Crippen LogP contribution in [0.15, 0.2) is 97.2 Å². The second-order valence-corrected chi connectivity index (χ2v) is 27.2. The number of amides is 1. The van der Waals surface area contributed by atoms with Crippen LogP contribution in [0, 0.1) is 0 Å². The molecule has 0 radical (unpaired) electrons. The molecule has 0 aromatic rings. The van der Waals surface area contributed by atoms with Gasteiger partial charge in [0.15, 0.2) is 0 Å². The van der Waals surface area contributed by atoms with Crippen molar-refractivity contribution >= 4 is 19.7 Å². The Bertz CT molecular complexity index is 1810. The van der Waals surface area contributed by atoms with E-state index in [2.05, 4.69) is 111 Å². The molecule has 0 aliphatic rings. The first-order valence-corrected chi connectivity index (χ1v) is 38.1. The van der Waals surface area contributed by atoms with Gasteiger partial charge < -0.3 is 19.4 Å². The first-order chi connectivity index (χ1) is 42.4. The van der Waals surface area contributed by atoms with Crippen molar-refractivity contribution in [3.63, 3.8) is 0 Å². The molecule has 0 fully saturated rings. The normalized spacial score (nSPS) is 14.1. The Hall–Kier alpha value is -3.07. The van der Waals surface area contributed by atoms with Crippen molar-refractivity contribution in [1.29, 1.82) is 0 Å². The van der Waals surface area contributed by atoms with Gasteiger partial charge in [0.2, 0.25) is 5.91 Å². The average molecular weight is 1240 g/mol. The Balaban J connectivity index is 4.99. The van der Waals surface area contributed by atoms with Crippen LogP contribution in [0.5, 0.6) is 0 Å². The molecule has 1 amide bonds. The van der Waals surface area contributed by atoms with Gasteiger partial charge in [0.1, 0.15) is 19.3 Å². The fourth-order valence-corrected chi connectivity index (χ4v) is 11.1. The maximum Gasteiger partial charge on any atom is 0.472 e. The van der Waals surface area contributed by atoms with Gasteiger partial charge in [-0.3, -0.25) is 18.6 Å². The molecule has 0 saturated heterocycles. The Morgan fingerprint density at radius 2 is 0.736 bits per heavy atom. The van der Waals surface area contributed by atoms with E-state index in [1.54, 1.807) is 0 Å². The molecular formula is C77H140N2O7P+. The van der Waals surface area contributed by atoms with Crippen molar-refractivity contribution in [1.82, 2.24) is 5.32 Å². The molecule has 0 rings (SSSR count). The number of carbonyl (C=O) groups excluding carboxylic acids is 2. The Morgan fingerprint density at radius 3 is 1.13 bits per heavy atom. The second-order valence-electron chi connectivity index (χ2n) is 25.7. The van der Waals surface area contributed by atoms with E-state index in [0.29, 0.717) is 17.4 Å². The summed E-state index contributed by atoms with van der Waals surface area (Å²) < 4.78 is 30.8. The highest BCUT2D eigenvalue weighted by atomic mass is 31.2. The van der Waals surface area contributed by atoms with E-state index >= 15 is 0 Å². The number of nitrogens with zero attached hydrogens (tertiary/aromatic N) is 1. The molecule has 0 heterocycles. The van der Waals surface area contributed by atoms with E-state index in [1.165, 1.54) is 186 Å². The van der Waals surface area contributed by atoms with Gasteiger partial charge in [-0.2, -0.15) is 0 Å². The van der Waals surface area contributed by atoms with Crippen molar-refractivity contribution in [3.05, 3.63) is 97.2 Å². The number of ether oxygens (including phenoxy) is 1. The van der Waals surface area contributed by atoms with Crippen LogP contribution in [0.3, 0.4) is 0 Å². The standard InChI is InChI=1S/C77H139N2O7P/c1-7-10-13-16-19-22-25-27-29-31-33-35-37-38-39-40-42-43-45-47-49-51-54-57-60-63-66-69-76(80)78-74(73-85-87(82,83)84-72-71-79(4,5)6)75(68-65-62-59-56-53-24-21-18-15-12-9-3)86-77(81)70-67-64-61-58-55-52-50-48-46-44-41-36-34-32-30-28-26-23-20-17-14-11-8-2/h11,14,19-20,22-23,27-30,34,36,44,46,65,68,74-75H,7-10,12-13,15-18,21,24-26,31-33,35,37-43,45,47-64,66-67,69-73H2,1-6H3,(H-,78,80,82,83)/p+1/b14-11-,22-19-,23-20-,29-27-,30-28-,36-34-,46-44-,68-65-. The third-order valence-electron chi connectivity index (χ3n) is 16.0. The highest BCUT2D eigenvalue weighted by Gasteiger charge is 2.30. The minimum absolute atomic E-state index is 0.0356. The topological polar surface area (TPSA) is 111 Å². The van der Waals surface area contributed by atoms with Crippen LogP contribution >= 0.6 is 7.82 Å². The van der Waals surface area contributed by atoms with Gasteiger partial charge in [0.05, 0.1) is 33.8 Å². The maximum absolute atomic E-state index is 13.6. The number of likely N-dealkylation sites (N-methyl/N-ethyl adjacent to an activating group) is 1. The molecule has 9 nitrogen and oxygen atoms in total. The number of unbranched alkanes of at least 4 members (excludes halogenated alkanes) is 36.